The van der Waals surface area contributed by atoms with Gasteiger partial charge in [0.05, 0.1) is 0 Å². The van der Waals surface area contributed by atoms with Gasteiger partial charge in [-0.25, -0.2) is 0 Å². The van der Waals surface area contributed by atoms with Gasteiger partial charge < -0.3 is 4.43 Å². The molecule has 0 aromatic heterocycles. The van der Waals surface area contributed by atoms with Gasteiger partial charge in [0.2, 0.25) is 0 Å². The van der Waals surface area contributed by atoms with E-state index < -0.39 is 17.1 Å². The Morgan fingerprint density at radius 2 is 1.79 bits per heavy atom. The van der Waals surface area contributed by atoms with Gasteiger partial charge in [-0.3, -0.25) is 0 Å². The van der Waals surface area contributed by atoms with Crippen LogP contribution in [0.1, 0.15) is 26.7 Å². The number of hydrogen-bond donors (Lipinski definition) is 0. The molecule has 0 aliphatic heterocycles. The summed E-state index contributed by atoms with van der Waals surface area (Å²) in [6.45, 7) is 15.1. The average molecular weight is 233 g/mol. The molecule has 0 fully saturated rings. The van der Waals surface area contributed by atoms with Gasteiger partial charge in [0.1, 0.15) is 0 Å². The second-order valence-corrected chi connectivity index (χ2v) is 13.1. The zero-order valence-corrected chi connectivity index (χ0v) is 13.0. The van der Waals surface area contributed by atoms with Gasteiger partial charge in [0, 0.05) is 15.4 Å². The first-order valence-corrected chi connectivity index (χ1v) is 12.2. The van der Waals surface area contributed by atoms with E-state index >= 15 is 0 Å². The maximum atomic E-state index is 6.02. The standard InChI is InChI=1S/C11H28OSi2/c1-7-11(13(3)4)9-10-12-14(5,6)8-2/h11,13H,7-10H2,1-6H3. The smallest absolute Gasteiger partial charge is 0.186 e. The molecule has 0 bridgehead atoms. The average Bonchev–Trinajstić information content (AvgIpc) is 2.12. The molecule has 0 heterocycles. The van der Waals surface area contributed by atoms with E-state index in [-0.39, 0.29) is 0 Å². The van der Waals surface area contributed by atoms with Crippen molar-refractivity contribution in [2.24, 2.45) is 0 Å². The predicted octanol–water partition coefficient (Wildman–Crippen LogP) is 3.89. The van der Waals surface area contributed by atoms with E-state index in [0.29, 0.717) is 0 Å². The van der Waals surface area contributed by atoms with Gasteiger partial charge in [-0.05, 0) is 31.1 Å². The Balaban J connectivity index is 3.71. The van der Waals surface area contributed by atoms with Crippen molar-refractivity contribution in [2.75, 3.05) is 6.61 Å². The number of rotatable bonds is 7. The molecule has 1 nitrogen and oxygen atoms in total. The lowest BCUT2D eigenvalue weighted by Crippen LogP contribution is -2.30. The summed E-state index contributed by atoms with van der Waals surface area (Å²) in [7, 11) is -1.72. The topological polar surface area (TPSA) is 9.23 Å². The van der Waals surface area contributed by atoms with Gasteiger partial charge in [0.15, 0.2) is 8.32 Å². The van der Waals surface area contributed by atoms with Crippen LogP contribution in [-0.2, 0) is 4.43 Å². The molecule has 0 amide bonds. The normalized spacial score (nSPS) is 14.8. The molecule has 86 valence electrons. The Morgan fingerprint density at radius 1 is 1.21 bits per heavy atom. The van der Waals surface area contributed by atoms with Crippen LogP contribution in [0.15, 0.2) is 0 Å². The van der Waals surface area contributed by atoms with Crippen LogP contribution in [0.3, 0.4) is 0 Å². The monoisotopic (exact) mass is 232 g/mol. The van der Waals surface area contributed by atoms with E-state index in [1.54, 1.807) is 0 Å². The lowest BCUT2D eigenvalue weighted by atomic mass is 10.2. The summed E-state index contributed by atoms with van der Waals surface area (Å²) >= 11 is 0. The Hall–Kier alpha value is 0.394. The molecule has 0 saturated heterocycles. The first-order valence-electron chi connectivity index (χ1n) is 6.07. The van der Waals surface area contributed by atoms with Crippen LogP contribution in [-0.4, -0.2) is 23.7 Å². The second kappa shape index (κ2) is 6.80. The van der Waals surface area contributed by atoms with E-state index in [1.807, 2.05) is 0 Å². The number of hydrogen-bond acceptors (Lipinski definition) is 1. The SMILES string of the molecule is CCC(CCO[Si](C)(C)CC)[SiH](C)C. The maximum Gasteiger partial charge on any atom is 0.186 e. The van der Waals surface area contributed by atoms with Crippen molar-refractivity contribution in [1.29, 1.82) is 0 Å². The van der Waals surface area contributed by atoms with Gasteiger partial charge in [-0.2, -0.15) is 0 Å². The van der Waals surface area contributed by atoms with Crippen LogP contribution in [0.4, 0.5) is 0 Å². The highest BCUT2D eigenvalue weighted by molar-refractivity contribution is 6.71. The van der Waals surface area contributed by atoms with Crippen LogP contribution in [0, 0.1) is 0 Å². The fourth-order valence-electron chi connectivity index (χ4n) is 1.60. The van der Waals surface area contributed by atoms with Crippen molar-refractivity contribution >= 4 is 17.1 Å². The highest BCUT2D eigenvalue weighted by atomic mass is 28.4. The maximum absolute atomic E-state index is 6.02. The summed E-state index contributed by atoms with van der Waals surface area (Å²) in [5.41, 5.74) is 0.983. The van der Waals surface area contributed by atoms with E-state index in [1.165, 1.54) is 18.9 Å². The zero-order valence-electron chi connectivity index (χ0n) is 10.9. The lowest BCUT2D eigenvalue weighted by molar-refractivity contribution is 0.296. The summed E-state index contributed by atoms with van der Waals surface area (Å²) in [4.78, 5) is 0. The quantitative estimate of drug-likeness (QED) is 0.605. The van der Waals surface area contributed by atoms with Crippen LogP contribution in [0.5, 0.6) is 0 Å². The fraction of sp³-hybridized carbons (Fsp3) is 1.00. The summed E-state index contributed by atoms with van der Waals surface area (Å²) in [5.74, 6) is 0. The van der Waals surface area contributed by atoms with Crippen LogP contribution in [0.2, 0.25) is 37.8 Å². The summed E-state index contributed by atoms with van der Waals surface area (Å²) in [6.07, 6.45) is 2.65. The summed E-state index contributed by atoms with van der Waals surface area (Å²) in [6, 6.07) is 1.24. The van der Waals surface area contributed by atoms with Crippen LogP contribution in [0.25, 0.3) is 0 Å². The Kier molecular flexibility index (Phi) is 6.99. The molecule has 1 unspecified atom stereocenters. The van der Waals surface area contributed by atoms with Crippen molar-refractivity contribution in [3.63, 3.8) is 0 Å². The molecule has 0 spiro atoms. The largest absolute Gasteiger partial charge is 0.417 e. The van der Waals surface area contributed by atoms with Crippen LogP contribution < -0.4 is 0 Å². The van der Waals surface area contributed by atoms with Gasteiger partial charge in [-0.1, -0.05) is 33.4 Å². The Morgan fingerprint density at radius 3 is 2.14 bits per heavy atom. The lowest BCUT2D eigenvalue weighted by Gasteiger charge is -2.24. The van der Waals surface area contributed by atoms with Gasteiger partial charge in [-0.15, -0.1) is 0 Å². The third kappa shape index (κ3) is 5.99. The summed E-state index contributed by atoms with van der Waals surface area (Å²) in [5, 5.41) is 0. The molecule has 14 heavy (non-hydrogen) atoms. The predicted molar refractivity (Wildman–Crippen MR) is 71.5 cm³/mol. The third-order valence-corrected chi connectivity index (χ3v) is 8.68. The highest BCUT2D eigenvalue weighted by Gasteiger charge is 2.20. The van der Waals surface area contributed by atoms with Crippen molar-refractivity contribution in [3.8, 4) is 0 Å². The molecule has 0 aromatic rings. The molecule has 0 radical (unpaired) electrons. The molecule has 0 rings (SSSR count). The first kappa shape index (κ1) is 14.4. The second-order valence-electron chi connectivity index (χ2n) is 5.16. The Labute approximate surface area is 93.0 Å². The molecular formula is C11H28OSi2. The van der Waals surface area contributed by atoms with Crippen molar-refractivity contribution < 1.29 is 4.43 Å². The van der Waals surface area contributed by atoms with Crippen molar-refractivity contribution in [2.45, 2.75) is 64.5 Å². The molecular weight excluding hydrogens is 204 g/mol. The van der Waals surface area contributed by atoms with Gasteiger partial charge >= 0.3 is 0 Å². The molecule has 0 aliphatic rings. The molecule has 0 saturated carbocycles. The minimum absolute atomic E-state index is 0.445. The van der Waals surface area contributed by atoms with Crippen molar-refractivity contribution in [1.82, 2.24) is 0 Å². The zero-order chi connectivity index (χ0) is 11.2. The minimum Gasteiger partial charge on any atom is -0.417 e. The molecule has 1 atom stereocenters. The van der Waals surface area contributed by atoms with E-state index in [4.69, 9.17) is 4.43 Å². The first-order chi connectivity index (χ1) is 6.43. The molecule has 0 aromatic carbocycles. The van der Waals surface area contributed by atoms with E-state index in [2.05, 4.69) is 40.0 Å². The molecule has 3 heteroatoms. The summed E-state index contributed by atoms with van der Waals surface area (Å²) < 4.78 is 6.02. The molecule has 0 aliphatic carbocycles. The van der Waals surface area contributed by atoms with Crippen LogP contribution >= 0.6 is 0 Å². The van der Waals surface area contributed by atoms with E-state index in [0.717, 1.165) is 12.1 Å². The van der Waals surface area contributed by atoms with Crippen molar-refractivity contribution in [3.05, 3.63) is 0 Å². The Bertz CT molecular complexity index is 146. The fourth-order valence-corrected chi connectivity index (χ4v) is 4.22. The third-order valence-electron chi connectivity index (χ3n) is 3.30. The molecule has 0 N–H and O–H groups in total. The highest BCUT2D eigenvalue weighted by Crippen LogP contribution is 2.21. The van der Waals surface area contributed by atoms with Gasteiger partial charge in [0.25, 0.3) is 0 Å². The van der Waals surface area contributed by atoms with E-state index in [9.17, 15) is 0 Å². The minimum atomic E-state index is -1.28.